The molecule has 1 saturated heterocycles. The van der Waals surface area contributed by atoms with Crippen LogP contribution in [0.2, 0.25) is 0 Å². The number of ether oxygens (including phenoxy) is 1. The van der Waals surface area contributed by atoms with Crippen molar-refractivity contribution in [2.45, 2.75) is 6.43 Å². The van der Waals surface area contributed by atoms with Crippen LogP contribution in [0.5, 0.6) is 0 Å². The molecule has 0 radical (unpaired) electrons. The number of aromatic nitrogens is 2. The van der Waals surface area contributed by atoms with Gasteiger partial charge in [-0.2, -0.15) is 0 Å². The fourth-order valence-corrected chi connectivity index (χ4v) is 1.63. The number of alkyl halides is 2. The van der Waals surface area contributed by atoms with E-state index in [-0.39, 0.29) is 5.95 Å². The first-order valence-electron chi connectivity index (χ1n) is 5.30. The second-order valence-corrected chi connectivity index (χ2v) is 3.67. The minimum atomic E-state index is -2.95. The molecule has 0 atom stereocenters. The standard InChI is InChI=1S/C10H11F2N3O3/c11-8(12)7-6(9(16)17)5-13-10(14-7)15-1-3-18-4-2-15/h5,8H,1-4H2,(H,16,17). The van der Waals surface area contributed by atoms with Gasteiger partial charge in [-0.3, -0.25) is 0 Å². The predicted molar refractivity (Wildman–Crippen MR) is 57.0 cm³/mol. The van der Waals surface area contributed by atoms with Gasteiger partial charge in [-0.1, -0.05) is 0 Å². The van der Waals surface area contributed by atoms with Gasteiger partial charge in [-0.15, -0.1) is 0 Å². The van der Waals surface area contributed by atoms with Crippen molar-refractivity contribution in [3.63, 3.8) is 0 Å². The zero-order chi connectivity index (χ0) is 13.1. The molecule has 8 heteroatoms. The summed E-state index contributed by atoms with van der Waals surface area (Å²) in [5.74, 6) is -1.35. The molecule has 18 heavy (non-hydrogen) atoms. The molecule has 6 nitrogen and oxygen atoms in total. The molecule has 0 bridgehead atoms. The van der Waals surface area contributed by atoms with Crippen LogP contribution in [0, 0.1) is 0 Å². The van der Waals surface area contributed by atoms with Crippen molar-refractivity contribution in [1.29, 1.82) is 0 Å². The number of carbonyl (C=O) groups is 1. The zero-order valence-corrected chi connectivity index (χ0v) is 9.34. The number of morpholine rings is 1. The Bertz CT molecular complexity index is 450. The molecule has 1 aromatic rings. The Balaban J connectivity index is 2.33. The molecule has 1 aliphatic rings. The molecule has 0 saturated carbocycles. The number of nitrogens with zero attached hydrogens (tertiary/aromatic N) is 3. The summed E-state index contributed by atoms with van der Waals surface area (Å²) in [6.45, 7) is 1.92. The monoisotopic (exact) mass is 259 g/mol. The van der Waals surface area contributed by atoms with Crippen LogP contribution in [0.1, 0.15) is 22.5 Å². The van der Waals surface area contributed by atoms with Crippen LogP contribution >= 0.6 is 0 Å². The first kappa shape index (κ1) is 12.6. The van der Waals surface area contributed by atoms with Crippen LogP contribution in [0.4, 0.5) is 14.7 Å². The number of carboxylic acids is 1. The van der Waals surface area contributed by atoms with Crippen LogP contribution in [0.25, 0.3) is 0 Å². The Morgan fingerprint density at radius 1 is 1.44 bits per heavy atom. The molecule has 0 amide bonds. The topological polar surface area (TPSA) is 75.5 Å². The van der Waals surface area contributed by atoms with Crippen LogP contribution in [0.15, 0.2) is 6.20 Å². The van der Waals surface area contributed by atoms with Crippen molar-refractivity contribution in [2.24, 2.45) is 0 Å². The minimum Gasteiger partial charge on any atom is -0.478 e. The van der Waals surface area contributed by atoms with E-state index in [0.29, 0.717) is 26.3 Å². The summed E-state index contributed by atoms with van der Waals surface area (Å²) in [6, 6.07) is 0. The Morgan fingerprint density at radius 3 is 2.67 bits per heavy atom. The van der Waals surface area contributed by atoms with Crippen LogP contribution in [-0.4, -0.2) is 47.3 Å². The maximum absolute atomic E-state index is 12.7. The van der Waals surface area contributed by atoms with E-state index in [1.165, 1.54) is 0 Å². The van der Waals surface area contributed by atoms with Gasteiger partial charge >= 0.3 is 5.97 Å². The van der Waals surface area contributed by atoms with Gasteiger partial charge in [-0.25, -0.2) is 23.5 Å². The number of carboxylic acid groups (broad SMARTS) is 1. The maximum atomic E-state index is 12.7. The number of anilines is 1. The number of hydrogen-bond donors (Lipinski definition) is 1. The van der Waals surface area contributed by atoms with Crippen molar-refractivity contribution in [3.05, 3.63) is 17.5 Å². The fraction of sp³-hybridized carbons (Fsp3) is 0.500. The van der Waals surface area contributed by atoms with Crippen molar-refractivity contribution in [2.75, 3.05) is 31.2 Å². The van der Waals surface area contributed by atoms with Crippen molar-refractivity contribution in [1.82, 2.24) is 9.97 Å². The molecule has 0 aromatic carbocycles. The molecule has 1 aliphatic heterocycles. The molecule has 0 unspecified atom stereocenters. The summed E-state index contributed by atoms with van der Waals surface area (Å²) >= 11 is 0. The van der Waals surface area contributed by atoms with E-state index in [1.54, 1.807) is 4.90 Å². The average molecular weight is 259 g/mol. The first-order valence-corrected chi connectivity index (χ1v) is 5.30. The smallest absolute Gasteiger partial charge is 0.339 e. The number of aromatic carboxylic acids is 1. The second kappa shape index (κ2) is 5.21. The number of hydrogen-bond acceptors (Lipinski definition) is 5. The lowest BCUT2D eigenvalue weighted by Gasteiger charge is -2.27. The summed E-state index contributed by atoms with van der Waals surface area (Å²) in [5.41, 5.74) is -1.32. The summed E-state index contributed by atoms with van der Waals surface area (Å²) < 4.78 is 30.6. The highest BCUT2D eigenvalue weighted by Gasteiger charge is 2.23. The highest BCUT2D eigenvalue weighted by Crippen LogP contribution is 2.23. The molecular weight excluding hydrogens is 248 g/mol. The summed E-state index contributed by atoms with van der Waals surface area (Å²) in [4.78, 5) is 19.9. The van der Waals surface area contributed by atoms with Gasteiger partial charge < -0.3 is 14.7 Å². The largest absolute Gasteiger partial charge is 0.478 e. The van der Waals surface area contributed by atoms with E-state index < -0.39 is 23.7 Å². The number of rotatable bonds is 3. The summed E-state index contributed by atoms with van der Waals surface area (Å²) in [6.07, 6.45) is -2.03. The van der Waals surface area contributed by atoms with E-state index in [0.717, 1.165) is 6.20 Å². The maximum Gasteiger partial charge on any atom is 0.339 e. The van der Waals surface area contributed by atoms with Crippen molar-refractivity contribution < 1.29 is 23.4 Å². The Labute approximate surface area is 101 Å². The third-order valence-electron chi connectivity index (χ3n) is 2.54. The molecule has 2 heterocycles. The SMILES string of the molecule is O=C(O)c1cnc(N2CCOCC2)nc1C(F)F. The quantitative estimate of drug-likeness (QED) is 0.871. The lowest BCUT2D eigenvalue weighted by Crippen LogP contribution is -2.37. The molecular formula is C10H11F2N3O3. The molecule has 2 rings (SSSR count). The first-order chi connectivity index (χ1) is 8.59. The van der Waals surface area contributed by atoms with Crippen molar-refractivity contribution in [3.8, 4) is 0 Å². The minimum absolute atomic E-state index is 0.110. The van der Waals surface area contributed by atoms with E-state index in [4.69, 9.17) is 9.84 Å². The van der Waals surface area contributed by atoms with Crippen molar-refractivity contribution >= 4 is 11.9 Å². The molecule has 1 N–H and O–H groups in total. The third-order valence-corrected chi connectivity index (χ3v) is 2.54. The van der Waals surface area contributed by atoms with Gasteiger partial charge in [0.15, 0.2) is 0 Å². The van der Waals surface area contributed by atoms with E-state index in [2.05, 4.69) is 9.97 Å². The second-order valence-electron chi connectivity index (χ2n) is 3.67. The van der Waals surface area contributed by atoms with Gasteiger partial charge in [0, 0.05) is 19.3 Å². The molecule has 1 aromatic heterocycles. The molecule has 0 spiro atoms. The normalized spacial score (nSPS) is 16.1. The fourth-order valence-electron chi connectivity index (χ4n) is 1.63. The lowest BCUT2D eigenvalue weighted by molar-refractivity contribution is 0.0681. The molecule has 98 valence electrons. The van der Waals surface area contributed by atoms with Crippen LogP contribution in [0.3, 0.4) is 0 Å². The highest BCUT2D eigenvalue weighted by atomic mass is 19.3. The van der Waals surface area contributed by atoms with Crippen LogP contribution < -0.4 is 4.90 Å². The van der Waals surface area contributed by atoms with Gasteiger partial charge in [0.25, 0.3) is 6.43 Å². The Kier molecular flexibility index (Phi) is 3.66. The summed E-state index contributed by atoms with van der Waals surface area (Å²) in [5, 5.41) is 8.77. The average Bonchev–Trinajstić information content (AvgIpc) is 2.39. The Hall–Kier alpha value is -1.83. The Morgan fingerprint density at radius 2 is 2.11 bits per heavy atom. The van der Waals surface area contributed by atoms with Gasteiger partial charge in [0.05, 0.1) is 13.2 Å². The van der Waals surface area contributed by atoms with E-state index >= 15 is 0 Å². The van der Waals surface area contributed by atoms with Gasteiger partial charge in [0.2, 0.25) is 5.95 Å². The van der Waals surface area contributed by atoms with E-state index in [1.807, 2.05) is 0 Å². The van der Waals surface area contributed by atoms with E-state index in [9.17, 15) is 13.6 Å². The third kappa shape index (κ3) is 2.53. The zero-order valence-electron chi connectivity index (χ0n) is 9.34. The van der Waals surface area contributed by atoms with Crippen LogP contribution in [-0.2, 0) is 4.74 Å². The van der Waals surface area contributed by atoms with Gasteiger partial charge in [0.1, 0.15) is 11.3 Å². The highest BCUT2D eigenvalue weighted by molar-refractivity contribution is 5.88. The predicted octanol–water partition coefficient (Wildman–Crippen LogP) is 0.949. The van der Waals surface area contributed by atoms with Gasteiger partial charge in [-0.05, 0) is 0 Å². The molecule has 1 fully saturated rings. The number of halogens is 2. The lowest BCUT2D eigenvalue weighted by atomic mass is 10.2. The molecule has 0 aliphatic carbocycles. The summed E-state index contributed by atoms with van der Waals surface area (Å²) in [7, 11) is 0.